The molecule has 0 spiro atoms. The van der Waals surface area contributed by atoms with E-state index in [4.69, 9.17) is 4.74 Å². The van der Waals surface area contributed by atoms with Crippen molar-refractivity contribution in [1.82, 2.24) is 10.3 Å². The monoisotopic (exact) mass is 352 g/mol. The Morgan fingerprint density at radius 1 is 1.33 bits per heavy atom. The summed E-state index contributed by atoms with van der Waals surface area (Å²) in [5, 5.41) is 3.35. The molecule has 2 rings (SSSR count). The van der Waals surface area contributed by atoms with Crippen LogP contribution in [0.25, 0.3) is 0 Å². The molecule has 0 bridgehead atoms. The predicted molar refractivity (Wildman–Crippen MR) is 85.0 cm³/mol. The van der Waals surface area contributed by atoms with Gasteiger partial charge in [0, 0.05) is 24.4 Å². The van der Waals surface area contributed by atoms with Crippen LogP contribution in [0.15, 0.2) is 41.0 Å². The van der Waals surface area contributed by atoms with E-state index in [1.54, 1.807) is 12.3 Å². The molecule has 0 aliphatic heterocycles. The van der Waals surface area contributed by atoms with Crippen LogP contribution < -0.4 is 10.1 Å². The Balaban J connectivity index is 2.14. The number of hydrogen-bond acceptors (Lipinski definition) is 3. The Hall–Kier alpha value is -1.46. The van der Waals surface area contributed by atoms with Crippen LogP contribution in [0.3, 0.4) is 0 Å². The molecule has 21 heavy (non-hydrogen) atoms. The van der Waals surface area contributed by atoms with E-state index in [1.807, 2.05) is 12.1 Å². The molecule has 5 heteroatoms. The van der Waals surface area contributed by atoms with Gasteiger partial charge in [0.15, 0.2) is 0 Å². The van der Waals surface area contributed by atoms with Crippen LogP contribution in [0.2, 0.25) is 0 Å². The Morgan fingerprint density at radius 2 is 2.14 bits per heavy atom. The lowest BCUT2D eigenvalue weighted by atomic mass is 10.2. The summed E-state index contributed by atoms with van der Waals surface area (Å²) >= 11 is 3.35. The number of halogens is 2. The standard InChI is InChI=1S/C16H18BrFN2O/c1-11(2)9-19-10-12-4-3-7-20-16(12)21-15-8-13(18)5-6-14(15)17/h3-8,11,19H,9-10H2,1-2H3. The average Bonchev–Trinajstić information content (AvgIpc) is 2.44. The van der Waals surface area contributed by atoms with Crippen LogP contribution in [0.1, 0.15) is 19.4 Å². The van der Waals surface area contributed by atoms with Crippen LogP contribution in [-0.2, 0) is 6.54 Å². The number of rotatable bonds is 6. The van der Waals surface area contributed by atoms with Crippen molar-refractivity contribution in [2.45, 2.75) is 20.4 Å². The van der Waals surface area contributed by atoms with Crippen molar-refractivity contribution in [3.8, 4) is 11.6 Å². The first-order chi connectivity index (χ1) is 10.1. The maximum atomic E-state index is 13.3. The van der Waals surface area contributed by atoms with Gasteiger partial charge >= 0.3 is 0 Å². The summed E-state index contributed by atoms with van der Waals surface area (Å²) in [7, 11) is 0. The lowest BCUT2D eigenvalue weighted by molar-refractivity contribution is 0.443. The molecule has 0 fully saturated rings. The van der Waals surface area contributed by atoms with Gasteiger partial charge in [-0.05, 0) is 46.6 Å². The minimum atomic E-state index is -0.344. The van der Waals surface area contributed by atoms with Gasteiger partial charge in [-0.3, -0.25) is 0 Å². The van der Waals surface area contributed by atoms with Crippen molar-refractivity contribution in [3.05, 3.63) is 52.4 Å². The van der Waals surface area contributed by atoms with E-state index < -0.39 is 0 Å². The summed E-state index contributed by atoms with van der Waals surface area (Å²) in [6, 6.07) is 8.14. The van der Waals surface area contributed by atoms with Crippen molar-refractivity contribution in [2.24, 2.45) is 5.92 Å². The Bertz CT molecular complexity index is 605. The molecule has 1 aromatic heterocycles. The smallest absolute Gasteiger partial charge is 0.223 e. The molecular weight excluding hydrogens is 335 g/mol. The fourth-order valence-corrected chi connectivity index (χ4v) is 2.13. The molecule has 3 nitrogen and oxygen atoms in total. The summed E-state index contributed by atoms with van der Waals surface area (Å²) in [5.41, 5.74) is 0.939. The summed E-state index contributed by atoms with van der Waals surface area (Å²) in [4.78, 5) is 4.24. The van der Waals surface area contributed by atoms with Crippen molar-refractivity contribution in [1.29, 1.82) is 0 Å². The highest BCUT2D eigenvalue weighted by molar-refractivity contribution is 9.10. The Labute approximate surface area is 132 Å². The van der Waals surface area contributed by atoms with E-state index in [0.29, 0.717) is 28.6 Å². The molecule has 1 N–H and O–H groups in total. The van der Waals surface area contributed by atoms with E-state index in [0.717, 1.165) is 12.1 Å². The molecule has 0 atom stereocenters. The predicted octanol–water partition coefficient (Wildman–Crippen LogP) is 4.52. The van der Waals surface area contributed by atoms with E-state index in [2.05, 4.69) is 40.1 Å². The molecule has 0 aliphatic carbocycles. The third kappa shape index (κ3) is 4.79. The average molecular weight is 353 g/mol. The molecule has 2 aromatic rings. The second kappa shape index (κ2) is 7.52. The summed E-state index contributed by atoms with van der Waals surface area (Å²) in [6.07, 6.45) is 1.66. The van der Waals surface area contributed by atoms with Crippen LogP contribution in [0.4, 0.5) is 4.39 Å². The van der Waals surface area contributed by atoms with Gasteiger partial charge < -0.3 is 10.1 Å². The highest BCUT2D eigenvalue weighted by Gasteiger charge is 2.09. The molecule has 0 radical (unpaired) electrons. The van der Waals surface area contributed by atoms with Gasteiger partial charge in [-0.15, -0.1) is 0 Å². The SMILES string of the molecule is CC(C)CNCc1cccnc1Oc1cc(F)ccc1Br. The van der Waals surface area contributed by atoms with Crippen molar-refractivity contribution >= 4 is 15.9 Å². The second-order valence-electron chi connectivity index (χ2n) is 5.17. The largest absolute Gasteiger partial charge is 0.437 e. The fraction of sp³-hybridized carbons (Fsp3) is 0.312. The van der Waals surface area contributed by atoms with Gasteiger partial charge in [0.1, 0.15) is 11.6 Å². The van der Waals surface area contributed by atoms with Crippen molar-refractivity contribution in [3.63, 3.8) is 0 Å². The van der Waals surface area contributed by atoms with E-state index in [1.165, 1.54) is 12.1 Å². The number of aromatic nitrogens is 1. The second-order valence-corrected chi connectivity index (χ2v) is 6.02. The molecule has 112 valence electrons. The molecular formula is C16H18BrFN2O. The van der Waals surface area contributed by atoms with E-state index >= 15 is 0 Å². The van der Waals surface area contributed by atoms with Crippen molar-refractivity contribution < 1.29 is 9.13 Å². The van der Waals surface area contributed by atoms with Crippen molar-refractivity contribution in [2.75, 3.05) is 6.54 Å². The number of nitrogens with zero attached hydrogens (tertiary/aromatic N) is 1. The van der Waals surface area contributed by atoms with E-state index in [9.17, 15) is 4.39 Å². The lowest BCUT2D eigenvalue weighted by Crippen LogP contribution is -2.19. The number of pyridine rings is 1. The van der Waals surface area contributed by atoms with Gasteiger partial charge in [0.25, 0.3) is 0 Å². The summed E-state index contributed by atoms with van der Waals surface area (Å²) in [6.45, 7) is 5.88. The van der Waals surface area contributed by atoms with Crippen LogP contribution in [0.5, 0.6) is 11.6 Å². The molecule has 0 amide bonds. The zero-order valence-electron chi connectivity index (χ0n) is 12.1. The van der Waals surface area contributed by atoms with Gasteiger partial charge in [0.2, 0.25) is 5.88 Å². The van der Waals surface area contributed by atoms with E-state index in [-0.39, 0.29) is 5.82 Å². The molecule has 0 unspecified atom stereocenters. The van der Waals surface area contributed by atoms with Crippen LogP contribution in [-0.4, -0.2) is 11.5 Å². The zero-order chi connectivity index (χ0) is 15.2. The maximum absolute atomic E-state index is 13.3. The highest BCUT2D eigenvalue weighted by Crippen LogP contribution is 2.30. The summed E-state index contributed by atoms with van der Waals surface area (Å²) < 4.78 is 19.7. The highest BCUT2D eigenvalue weighted by atomic mass is 79.9. The lowest BCUT2D eigenvalue weighted by Gasteiger charge is -2.12. The topological polar surface area (TPSA) is 34.2 Å². The van der Waals surface area contributed by atoms with Gasteiger partial charge in [-0.1, -0.05) is 19.9 Å². The molecule has 0 saturated heterocycles. The zero-order valence-corrected chi connectivity index (χ0v) is 13.7. The molecule has 1 heterocycles. The number of benzene rings is 1. The molecule has 0 saturated carbocycles. The number of hydrogen-bond donors (Lipinski definition) is 1. The van der Waals surface area contributed by atoms with Crippen LogP contribution in [0, 0.1) is 11.7 Å². The van der Waals surface area contributed by atoms with Gasteiger partial charge in [-0.2, -0.15) is 0 Å². The fourth-order valence-electron chi connectivity index (χ4n) is 1.81. The molecule has 0 aliphatic rings. The Kier molecular flexibility index (Phi) is 5.70. The Morgan fingerprint density at radius 3 is 2.90 bits per heavy atom. The molecule has 1 aromatic carbocycles. The summed E-state index contributed by atoms with van der Waals surface area (Å²) in [5.74, 6) is 1.13. The first-order valence-corrected chi connectivity index (χ1v) is 7.63. The minimum Gasteiger partial charge on any atom is -0.437 e. The first-order valence-electron chi connectivity index (χ1n) is 6.84. The first kappa shape index (κ1) is 15.9. The normalized spacial score (nSPS) is 10.9. The third-order valence-corrected chi connectivity index (χ3v) is 3.47. The van der Waals surface area contributed by atoms with Gasteiger partial charge in [-0.25, -0.2) is 9.37 Å². The third-order valence-electron chi connectivity index (χ3n) is 2.82. The minimum absolute atomic E-state index is 0.344. The quantitative estimate of drug-likeness (QED) is 0.829. The maximum Gasteiger partial charge on any atom is 0.223 e. The number of ether oxygens (including phenoxy) is 1. The van der Waals surface area contributed by atoms with Crippen LogP contribution >= 0.6 is 15.9 Å². The number of nitrogens with one attached hydrogen (secondary N) is 1. The van der Waals surface area contributed by atoms with Gasteiger partial charge in [0.05, 0.1) is 4.47 Å².